The molecule has 0 radical (unpaired) electrons. The minimum absolute atomic E-state index is 0.158. The highest BCUT2D eigenvalue weighted by atomic mass is 19.1. The maximum Gasteiger partial charge on any atom is 0.329 e. The third kappa shape index (κ3) is 3.51. The molecule has 1 fully saturated rings. The third-order valence-corrected chi connectivity index (χ3v) is 3.97. The summed E-state index contributed by atoms with van der Waals surface area (Å²) in [6.07, 6.45) is 2.45. The van der Waals surface area contributed by atoms with Gasteiger partial charge in [-0.15, -0.1) is 0 Å². The Morgan fingerprint density at radius 3 is 2.62 bits per heavy atom. The van der Waals surface area contributed by atoms with Crippen LogP contribution >= 0.6 is 0 Å². The highest BCUT2D eigenvalue weighted by Gasteiger charge is 2.42. The van der Waals surface area contributed by atoms with E-state index < -0.39 is 17.5 Å². The number of carboxylic acids is 1. The maximum atomic E-state index is 13.2. The second-order valence-electron chi connectivity index (χ2n) is 5.47. The summed E-state index contributed by atoms with van der Waals surface area (Å²) in [6.45, 7) is 1.98. The number of carboxylic acid groups (broad SMARTS) is 1. The predicted octanol–water partition coefficient (Wildman–Crippen LogP) is 2.33. The molecule has 2 amide bonds. The predicted molar refractivity (Wildman–Crippen MR) is 75.3 cm³/mol. The first-order chi connectivity index (χ1) is 9.93. The molecule has 1 aliphatic rings. The van der Waals surface area contributed by atoms with Gasteiger partial charge in [0.25, 0.3) is 0 Å². The fourth-order valence-corrected chi connectivity index (χ4v) is 2.64. The first kappa shape index (κ1) is 15.3. The number of rotatable bonds is 4. The highest BCUT2D eigenvalue weighted by molar-refractivity contribution is 5.86. The minimum Gasteiger partial charge on any atom is -0.480 e. The van der Waals surface area contributed by atoms with E-state index in [9.17, 15) is 19.1 Å². The molecule has 1 aliphatic carbocycles. The lowest BCUT2D eigenvalue weighted by atomic mass is 9.98. The molecule has 0 unspecified atom stereocenters. The number of hydrogen-bond donors (Lipinski definition) is 3. The molecule has 5 nitrogen and oxygen atoms in total. The van der Waals surface area contributed by atoms with Crippen LogP contribution in [-0.2, 0) is 11.3 Å². The van der Waals surface area contributed by atoms with Crippen molar-refractivity contribution in [2.24, 2.45) is 0 Å². The van der Waals surface area contributed by atoms with Gasteiger partial charge in [-0.05, 0) is 43.0 Å². The van der Waals surface area contributed by atoms with E-state index in [2.05, 4.69) is 10.6 Å². The Labute approximate surface area is 122 Å². The van der Waals surface area contributed by atoms with Crippen molar-refractivity contribution in [1.29, 1.82) is 0 Å². The van der Waals surface area contributed by atoms with E-state index in [4.69, 9.17) is 0 Å². The maximum absolute atomic E-state index is 13.2. The van der Waals surface area contributed by atoms with E-state index in [0.717, 1.165) is 18.4 Å². The van der Waals surface area contributed by atoms with Gasteiger partial charge in [0.05, 0.1) is 0 Å². The number of hydrogen-bond acceptors (Lipinski definition) is 2. The van der Waals surface area contributed by atoms with Crippen LogP contribution in [0.5, 0.6) is 0 Å². The monoisotopic (exact) mass is 294 g/mol. The number of benzene rings is 1. The molecule has 0 spiro atoms. The van der Waals surface area contributed by atoms with E-state index in [1.54, 1.807) is 6.07 Å². The zero-order valence-corrected chi connectivity index (χ0v) is 11.9. The van der Waals surface area contributed by atoms with Crippen LogP contribution in [0.4, 0.5) is 9.18 Å². The van der Waals surface area contributed by atoms with Gasteiger partial charge in [0, 0.05) is 6.54 Å². The Balaban J connectivity index is 1.96. The Bertz CT molecular complexity index is 554. The number of aliphatic carboxylic acids is 1. The zero-order chi connectivity index (χ0) is 15.5. The molecule has 1 aromatic rings. The van der Waals surface area contributed by atoms with Gasteiger partial charge >= 0.3 is 12.0 Å². The number of urea groups is 1. The van der Waals surface area contributed by atoms with Crippen molar-refractivity contribution < 1.29 is 19.1 Å². The number of carbonyl (C=O) groups excluding carboxylic acids is 1. The molecule has 6 heteroatoms. The van der Waals surface area contributed by atoms with Gasteiger partial charge in [-0.1, -0.05) is 18.9 Å². The Morgan fingerprint density at radius 1 is 1.33 bits per heavy atom. The van der Waals surface area contributed by atoms with Crippen molar-refractivity contribution in [3.8, 4) is 0 Å². The van der Waals surface area contributed by atoms with Crippen molar-refractivity contribution in [2.75, 3.05) is 0 Å². The van der Waals surface area contributed by atoms with Crippen molar-refractivity contribution in [3.05, 3.63) is 35.1 Å². The van der Waals surface area contributed by atoms with E-state index in [0.29, 0.717) is 18.4 Å². The van der Waals surface area contributed by atoms with Gasteiger partial charge in [-0.3, -0.25) is 0 Å². The minimum atomic E-state index is -1.17. The summed E-state index contributed by atoms with van der Waals surface area (Å²) in [4.78, 5) is 23.2. The Morgan fingerprint density at radius 2 is 2.00 bits per heavy atom. The lowest BCUT2D eigenvalue weighted by molar-refractivity contribution is -0.144. The van der Waals surface area contributed by atoms with Gasteiger partial charge in [0.15, 0.2) is 0 Å². The average Bonchev–Trinajstić information content (AvgIpc) is 2.89. The van der Waals surface area contributed by atoms with Crippen molar-refractivity contribution in [1.82, 2.24) is 10.6 Å². The number of nitrogens with one attached hydrogen (secondary N) is 2. The molecule has 0 aromatic heterocycles. The van der Waals surface area contributed by atoms with Crippen LogP contribution < -0.4 is 10.6 Å². The van der Waals surface area contributed by atoms with E-state index in [1.807, 2.05) is 6.92 Å². The smallest absolute Gasteiger partial charge is 0.329 e. The van der Waals surface area contributed by atoms with Crippen LogP contribution in [0.2, 0.25) is 0 Å². The summed E-state index contributed by atoms with van der Waals surface area (Å²) >= 11 is 0. The van der Waals surface area contributed by atoms with Gasteiger partial charge in [-0.2, -0.15) is 0 Å². The molecule has 0 atom stereocenters. The van der Waals surface area contributed by atoms with E-state index in [-0.39, 0.29) is 12.4 Å². The Kier molecular flexibility index (Phi) is 4.45. The molecule has 0 saturated heterocycles. The molecule has 114 valence electrons. The van der Waals surface area contributed by atoms with Crippen LogP contribution in [0.1, 0.15) is 36.8 Å². The molecule has 3 N–H and O–H groups in total. The van der Waals surface area contributed by atoms with Crippen LogP contribution in [0.3, 0.4) is 0 Å². The summed E-state index contributed by atoms with van der Waals surface area (Å²) in [7, 11) is 0. The van der Waals surface area contributed by atoms with Crippen LogP contribution in [0, 0.1) is 12.7 Å². The number of aryl methyl sites for hydroxylation is 1. The number of carbonyl (C=O) groups is 2. The number of halogens is 1. The summed E-state index contributed by atoms with van der Waals surface area (Å²) < 4.78 is 13.2. The van der Waals surface area contributed by atoms with E-state index in [1.165, 1.54) is 12.1 Å². The summed E-state index contributed by atoms with van der Waals surface area (Å²) in [5, 5.41) is 14.4. The largest absolute Gasteiger partial charge is 0.480 e. The van der Waals surface area contributed by atoms with Gasteiger partial charge in [0.1, 0.15) is 11.4 Å². The fourth-order valence-electron chi connectivity index (χ4n) is 2.64. The Hall–Kier alpha value is -2.11. The lowest BCUT2D eigenvalue weighted by Gasteiger charge is -2.25. The highest BCUT2D eigenvalue weighted by Crippen LogP contribution is 2.29. The van der Waals surface area contributed by atoms with Crippen LogP contribution in [0.15, 0.2) is 18.2 Å². The van der Waals surface area contributed by atoms with Crippen molar-refractivity contribution in [2.45, 2.75) is 44.7 Å². The summed E-state index contributed by atoms with van der Waals surface area (Å²) in [6, 6.07) is 3.82. The van der Waals surface area contributed by atoms with Crippen LogP contribution in [-0.4, -0.2) is 22.6 Å². The van der Waals surface area contributed by atoms with Gasteiger partial charge < -0.3 is 15.7 Å². The summed E-state index contributed by atoms with van der Waals surface area (Å²) in [5.74, 6) is -1.37. The van der Waals surface area contributed by atoms with Crippen molar-refractivity contribution in [3.63, 3.8) is 0 Å². The second kappa shape index (κ2) is 6.11. The molecule has 0 bridgehead atoms. The fraction of sp³-hybridized carbons (Fsp3) is 0.467. The molecule has 1 aromatic carbocycles. The first-order valence-electron chi connectivity index (χ1n) is 6.97. The molecule has 21 heavy (non-hydrogen) atoms. The molecule has 1 saturated carbocycles. The topological polar surface area (TPSA) is 78.4 Å². The molecule has 0 heterocycles. The molecular weight excluding hydrogens is 275 g/mol. The summed E-state index contributed by atoms with van der Waals surface area (Å²) in [5.41, 5.74) is 0.368. The second-order valence-corrected chi connectivity index (χ2v) is 5.47. The zero-order valence-electron chi connectivity index (χ0n) is 11.9. The first-order valence-corrected chi connectivity index (χ1v) is 6.97. The average molecular weight is 294 g/mol. The van der Waals surface area contributed by atoms with Crippen LogP contribution in [0.25, 0.3) is 0 Å². The molecular formula is C15H19FN2O3. The normalized spacial score (nSPS) is 16.5. The SMILES string of the molecule is Cc1ccc(F)cc1CNC(=O)NC1(C(=O)O)CCCC1. The van der Waals surface area contributed by atoms with Gasteiger partial charge in [0.2, 0.25) is 0 Å². The quantitative estimate of drug-likeness (QED) is 0.797. The molecule has 0 aliphatic heterocycles. The van der Waals surface area contributed by atoms with Crippen molar-refractivity contribution >= 4 is 12.0 Å². The van der Waals surface area contributed by atoms with E-state index >= 15 is 0 Å². The third-order valence-electron chi connectivity index (χ3n) is 3.97. The molecule has 2 rings (SSSR count). The standard InChI is InChI=1S/C15H19FN2O3/c1-10-4-5-12(16)8-11(10)9-17-14(21)18-15(13(19)20)6-2-3-7-15/h4-5,8H,2-3,6-7,9H2,1H3,(H,19,20)(H2,17,18,21). The lowest BCUT2D eigenvalue weighted by Crippen LogP contribution is -2.55. The van der Waals surface area contributed by atoms with Gasteiger partial charge in [-0.25, -0.2) is 14.0 Å². The number of amides is 2.